The van der Waals surface area contributed by atoms with E-state index < -0.39 is 18.0 Å². The maximum Gasteiger partial charge on any atom is 0.332 e. The van der Waals surface area contributed by atoms with Gasteiger partial charge >= 0.3 is 5.97 Å². The number of nitrogens with one attached hydrogen (secondary N) is 1. The van der Waals surface area contributed by atoms with Gasteiger partial charge in [-0.05, 0) is 18.9 Å². The minimum absolute atomic E-state index is 0.128. The Hall–Kier alpha value is -2.15. The summed E-state index contributed by atoms with van der Waals surface area (Å²) in [7, 11) is 0. The summed E-state index contributed by atoms with van der Waals surface area (Å²) in [6.45, 7) is 0.213. The first-order chi connectivity index (χ1) is 9.08. The standard InChI is InChI=1S/C12H14N2O5/c15-9-6-13-4-3-8(9)11(16)14-5-7-1-2-10(19-7)12(17)18/h3-4,6-7,10,15H,1-2,5H2,(H,14,16)(H,17,18). The van der Waals surface area contributed by atoms with Crippen LogP contribution in [0.4, 0.5) is 0 Å². The average molecular weight is 266 g/mol. The number of nitrogens with zero attached hydrogens (tertiary/aromatic N) is 1. The quantitative estimate of drug-likeness (QED) is 0.715. The van der Waals surface area contributed by atoms with Gasteiger partial charge in [0.1, 0.15) is 5.75 Å². The van der Waals surface area contributed by atoms with E-state index in [0.29, 0.717) is 12.8 Å². The highest BCUT2D eigenvalue weighted by atomic mass is 16.5. The van der Waals surface area contributed by atoms with Crippen LogP contribution >= 0.6 is 0 Å². The van der Waals surface area contributed by atoms with Crippen molar-refractivity contribution in [3.63, 3.8) is 0 Å². The normalized spacial score (nSPS) is 22.1. The fraction of sp³-hybridized carbons (Fsp3) is 0.417. The molecule has 0 aromatic carbocycles. The second-order valence-electron chi connectivity index (χ2n) is 4.27. The lowest BCUT2D eigenvalue weighted by Crippen LogP contribution is -2.33. The van der Waals surface area contributed by atoms with Gasteiger partial charge in [-0.15, -0.1) is 0 Å². The van der Waals surface area contributed by atoms with Crippen LogP contribution < -0.4 is 5.32 Å². The smallest absolute Gasteiger partial charge is 0.332 e. The van der Waals surface area contributed by atoms with Gasteiger partial charge < -0.3 is 20.3 Å². The summed E-state index contributed by atoms with van der Waals surface area (Å²) in [5.74, 6) is -1.63. The largest absolute Gasteiger partial charge is 0.505 e. The molecule has 1 saturated heterocycles. The number of pyridine rings is 1. The number of aliphatic carboxylic acids is 1. The van der Waals surface area contributed by atoms with Crippen LogP contribution in [0.1, 0.15) is 23.2 Å². The van der Waals surface area contributed by atoms with Crippen LogP contribution in [0.5, 0.6) is 5.75 Å². The molecule has 2 heterocycles. The van der Waals surface area contributed by atoms with Gasteiger partial charge in [0.15, 0.2) is 6.10 Å². The van der Waals surface area contributed by atoms with E-state index in [1.165, 1.54) is 18.5 Å². The minimum Gasteiger partial charge on any atom is -0.505 e. The predicted molar refractivity (Wildman–Crippen MR) is 63.8 cm³/mol. The fourth-order valence-corrected chi connectivity index (χ4v) is 1.92. The lowest BCUT2D eigenvalue weighted by Gasteiger charge is -2.12. The first-order valence-electron chi connectivity index (χ1n) is 5.87. The summed E-state index contributed by atoms with van der Waals surface area (Å²) < 4.78 is 5.25. The molecule has 0 radical (unpaired) electrons. The van der Waals surface area contributed by atoms with Crippen molar-refractivity contribution in [1.29, 1.82) is 0 Å². The molecule has 1 aromatic heterocycles. The number of rotatable bonds is 4. The zero-order chi connectivity index (χ0) is 13.8. The van der Waals surface area contributed by atoms with Gasteiger partial charge in [0, 0.05) is 12.7 Å². The molecule has 3 N–H and O–H groups in total. The number of ether oxygens (including phenoxy) is 1. The topological polar surface area (TPSA) is 109 Å². The number of carbonyl (C=O) groups excluding carboxylic acids is 1. The number of aromatic nitrogens is 1. The van der Waals surface area contributed by atoms with E-state index in [2.05, 4.69) is 10.3 Å². The predicted octanol–water partition coefficient (Wildman–Crippen LogP) is 0.149. The van der Waals surface area contributed by atoms with Crippen LogP contribution in [-0.2, 0) is 9.53 Å². The third-order valence-electron chi connectivity index (χ3n) is 2.92. The molecule has 7 heteroatoms. The van der Waals surface area contributed by atoms with Gasteiger partial charge in [0.05, 0.1) is 17.9 Å². The monoisotopic (exact) mass is 266 g/mol. The molecule has 102 valence electrons. The van der Waals surface area contributed by atoms with Crippen molar-refractivity contribution in [3.05, 3.63) is 24.0 Å². The summed E-state index contributed by atoms with van der Waals surface area (Å²) in [4.78, 5) is 26.1. The molecule has 0 spiro atoms. The van der Waals surface area contributed by atoms with Gasteiger partial charge in [-0.1, -0.05) is 0 Å². The van der Waals surface area contributed by atoms with E-state index in [9.17, 15) is 14.7 Å². The van der Waals surface area contributed by atoms with E-state index in [0.717, 1.165) is 0 Å². The van der Waals surface area contributed by atoms with Crippen molar-refractivity contribution < 1.29 is 24.5 Å². The highest BCUT2D eigenvalue weighted by Crippen LogP contribution is 2.19. The molecule has 0 bridgehead atoms. The van der Waals surface area contributed by atoms with Gasteiger partial charge in [0.2, 0.25) is 0 Å². The molecule has 1 aliphatic rings. The van der Waals surface area contributed by atoms with E-state index in [-0.39, 0.29) is 24.0 Å². The van der Waals surface area contributed by atoms with Gasteiger partial charge in [-0.2, -0.15) is 0 Å². The maximum atomic E-state index is 11.8. The van der Waals surface area contributed by atoms with Crippen molar-refractivity contribution in [2.75, 3.05) is 6.54 Å². The Morgan fingerprint density at radius 1 is 1.47 bits per heavy atom. The Morgan fingerprint density at radius 3 is 2.89 bits per heavy atom. The number of carboxylic acids is 1. The number of carboxylic acid groups (broad SMARTS) is 1. The van der Waals surface area contributed by atoms with Gasteiger partial charge in [0.25, 0.3) is 5.91 Å². The summed E-state index contributed by atoms with van der Waals surface area (Å²) in [5, 5.41) is 20.8. The van der Waals surface area contributed by atoms with Crippen LogP contribution in [0.2, 0.25) is 0 Å². The number of carbonyl (C=O) groups is 2. The summed E-state index contributed by atoms with van der Waals surface area (Å²) in [5.41, 5.74) is 0.128. The van der Waals surface area contributed by atoms with Crippen molar-refractivity contribution in [2.24, 2.45) is 0 Å². The molecule has 2 unspecified atom stereocenters. The Balaban J connectivity index is 1.85. The van der Waals surface area contributed by atoms with E-state index in [1.54, 1.807) is 0 Å². The molecule has 1 aliphatic heterocycles. The molecule has 1 amide bonds. The lowest BCUT2D eigenvalue weighted by molar-refractivity contribution is -0.149. The average Bonchev–Trinajstić information content (AvgIpc) is 2.85. The van der Waals surface area contributed by atoms with Crippen LogP contribution in [-0.4, -0.2) is 45.8 Å². The van der Waals surface area contributed by atoms with Crippen LogP contribution in [0, 0.1) is 0 Å². The van der Waals surface area contributed by atoms with E-state index >= 15 is 0 Å². The Morgan fingerprint density at radius 2 is 2.26 bits per heavy atom. The second kappa shape index (κ2) is 5.66. The molecular formula is C12H14N2O5. The minimum atomic E-state index is -0.986. The molecule has 0 aliphatic carbocycles. The zero-order valence-electron chi connectivity index (χ0n) is 10.1. The first-order valence-corrected chi connectivity index (χ1v) is 5.87. The second-order valence-corrected chi connectivity index (χ2v) is 4.27. The fourth-order valence-electron chi connectivity index (χ4n) is 1.92. The molecule has 2 atom stereocenters. The van der Waals surface area contributed by atoms with Gasteiger partial charge in [-0.3, -0.25) is 9.78 Å². The van der Waals surface area contributed by atoms with Crippen molar-refractivity contribution in [3.8, 4) is 5.75 Å². The Bertz CT molecular complexity index is 491. The van der Waals surface area contributed by atoms with Crippen LogP contribution in [0.15, 0.2) is 18.5 Å². The maximum absolute atomic E-state index is 11.8. The molecule has 0 saturated carbocycles. The van der Waals surface area contributed by atoms with E-state index in [4.69, 9.17) is 9.84 Å². The summed E-state index contributed by atoms with van der Waals surface area (Å²) in [6, 6.07) is 1.40. The molecular weight excluding hydrogens is 252 g/mol. The highest BCUT2D eigenvalue weighted by Gasteiger charge is 2.30. The zero-order valence-corrected chi connectivity index (χ0v) is 10.1. The summed E-state index contributed by atoms with van der Waals surface area (Å²) >= 11 is 0. The first kappa shape index (κ1) is 13.3. The lowest BCUT2D eigenvalue weighted by atomic mass is 10.2. The molecule has 1 fully saturated rings. The third kappa shape index (κ3) is 3.19. The SMILES string of the molecule is O=C(NCC1CCC(C(=O)O)O1)c1ccncc1O. The van der Waals surface area contributed by atoms with Crippen LogP contribution in [0.3, 0.4) is 0 Å². The van der Waals surface area contributed by atoms with Crippen molar-refractivity contribution >= 4 is 11.9 Å². The Labute approximate surface area is 109 Å². The van der Waals surface area contributed by atoms with Crippen molar-refractivity contribution in [1.82, 2.24) is 10.3 Å². The van der Waals surface area contributed by atoms with E-state index in [1.807, 2.05) is 0 Å². The molecule has 1 aromatic rings. The third-order valence-corrected chi connectivity index (χ3v) is 2.92. The highest BCUT2D eigenvalue weighted by molar-refractivity contribution is 5.96. The Kier molecular flexibility index (Phi) is 3.96. The summed E-state index contributed by atoms with van der Waals surface area (Å²) in [6.07, 6.45) is 2.50. The van der Waals surface area contributed by atoms with Crippen LogP contribution in [0.25, 0.3) is 0 Å². The number of aromatic hydroxyl groups is 1. The molecule has 19 heavy (non-hydrogen) atoms. The number of hydrogen-bond acceptors (Lipinski definition) is 5. The van der Waals surface area contributed by atoms with Crippen molar-refractivity contribution in [2.45, 2.75) is 25.0 Å². The van der Waals surface area contributed by atoms with Gasteiger partial charge in [-0.25, -0.2) is 4.79 Å². The molecule has 2 rings (SSSR count). The molecule has 7 nitrogen and oxygen atoms in total. The number of amides is 1. The number of hydrogen-bond donors (Lipinski definition) is 3.